The van der Waals surface area contributed by atoms with Gasteiger partial charge in [-0.05, 0) is 93.3 Å². The molecule has 0 aliphatic rings. The second-order valence-corrected chi connectivity index (χ2v) is 16.7. The Bertz CT molecular complexity index is 2340. The molecular weight excluding hydrogens is 807 g/mol. The molecule has 0 saturated carbocycles. The van der Waals surface area contributed by atoms with Crippen LogP contribution in [-0.2, 0) is 42.1 Å². The highest BCUT2D eigenvalue weighted by atomic mass is 32.2. The average molecular weight is 852 g/mol. The number of non-ortho nitro benzene ring substituents is 1. The summed E-state index contributed by atoms with van der Waals surface area (Å²) in [5.41, 5.74) is 0.716. The van der Waals surface area contributed by atoms with Gasteiger partial charge in [-0.15, -0.1) is 5.10 Å². The Labute approximate surface area is 345 Å². The highest BCUT2D eigenvalue weighted by Crippen LogP contribution is 2.23. The zero-order chi connectivity index (χ0) is 44.5. The van der Waals surface area contributed by atoms with Crippen LogP contribution in [0.4, 0.5) is 21.0 Å². The average Bonchev–Trinajstić information content (AvgIpc) is 3.68. The predicted octanol–water partition coefficient (Wildman–Crippen LogP) is 5.03. The molecule has 3 aromatic carbocycles. The third-order valence-electron chi connectivity index (χ3n) is 8.29. The SMILES string of the molecule is CC(C)[C@H](NC(=O)c1ccc(-c2nnc(S(C)(=O)=O)o2)cc1)C(=O)N[C@@H](C)C(=O)Nc1ccc(COC(=O)Oc2ccc([N+](=O)[O-])cc2)c(CN(C)C(=O)OC(C)(C)C)c1. The lowest BCUT2D eigenvalue weighted by atomic mass is 10.0. The Morgan fingerprint density at radius 2 is 1.55 bits per heavy atom. The van der Waals surface area contributed by atoms with Gasteiger partial charge in [0.15, 0.2) is 0 Å². The standard InChI is InChI=1S/C39H45N7O13S/c1-22(2)31(42-33(48)24-9-11-25(12-10-24)35-43-44-36(58-35)60(8,54)55)34(49)40-23(3)32(47)41-28-14-13-26(27(19-28)20-45(7)37(50)59-39(4,5)6)21-56-38(51)57-30-17-15-29(16-18-30)46(52)53/h9-19,22-23,31H,20-21H2,1-8H3,(H,40,49)(H,41,47)(H,42,48)/t23-,31-/m0/s1. The van der Waals surface area contributed by atoms with Crippen LogP contribution in [0.3, 0.4) is 0 Å². The zero-order valence-corrected chi connectivity index (χ0v) is 34.8. The number of nitro benzene ring substituents is 1. The summed E-state index contributed by atoms with van der Waals surface area (Å²) < 4.78 is 44.4. The van der Waals surface area contributed by atoms with E-state index >= 15 is 0 Å². The second kappa shape index (κ2) is 19.2. The minimum Gasteiger partial charge on any atom is -0.444 e. The number of carbonyl (C=O) groups excluding carboxylic acids is 5. The molecule has 320 valence electrons. The van der Waals surface area contributed by atoms with Crippen molar-refractivity contribution < 1.29 is 55.9 Å². The summed E-state index contributed by atoms with van der Waals surface area (Å²) in [7, 11) is -2.22. The zero-order valence-electron chi connectivity index (χ0n) is 34.0. The molecule has 2 atom stereocenters. The van der Waals surface area contributed by atoms with Crippen molar-refractivity contribution in [3.05, 3.63) is 93.5 Å². The quantitative estimate of drug-likeness (QED) is 0.0613. The van der Waals surface area contributed by atoms with Gasteiger partial charge in [-0.3, -0.25) is 24.5 Å². The van der Waals surface area contributed by atoms with Crippen molar-refractivity contribution >= 4 is 51.2 Å². The smallest absolute Gasteiger partial charge is 0.444 e. The van der Waals surface area contributed by atoms with Gasteiger partial charge in [0.05, 0.1) is 4.92 Å². The molecule has 0 spiro atoms. The van der Waals surface area contributed by atoms with E-state index in [4.69, 9.17) is 18.6 Å². The summed E-state index contributed by atoms with van der Waals surface area (Å²) in [6.07, 6.45) is -0.816. The third-order valence-corrected chi connectivity index (χ3v) is 9.09. The molecule has 20 nitrogen and oxygen atoms in total. The van der Waals surface area contributed by atoms with Crippen molar-refractivity contribution in [2.24, 2.45) is 5.92 Å². The van der Waals surface area contributed by atoms with Gasteiger partial charge < -0.3 is 39.5 Å². The lowest BCUT2D eigenvalue weighted by molar-refractivity contribution is -0.384. The predicted molar refractivity (Wildman–Crippen MR) is 213 cm³/mol. The Kier molecular flexibility index (Phi) is 14.7. The fraction of sp³-hybridized carbons (Fsp3) is 0.359. The van der Waals surface area contributed by atoms with Crippen LogP contribution in [-0.4, -0.2) is 89.4 Å². The number of aromatic nitrogens is 2. The van der Waals surface area contributed by atoms with E-state index in [0.717, 1.165) is 18.4 Å². The largest absolute Gasteiger partial charge is 0.514 e. The molecule has 0 bridgehead atoms. The Hall–Kier alpha value is -6.90. The Morgan fingerprint density at radius 1 is 0.900 bits per heavy atom. The number of amides is 4. The maximum Gasteiger partial charge on any atom is 0.514 e. The first-order chi connectivity index (χ1) is 28.0. The van der Waals surface area contributed by atoms with Crippen LogP contribution in [0.1, 0.15) is 63.0 Å². The molecular formula is C39H45N7O13S. The van der Waals surface area contributed by atoms with Crippen LogP contribution in [0.15, 0.2) is 76.4 Å². The fourth-order valence-electron chi connectivity index (χ4n) is 5.17. The van der Waals surface area contributed by atoms with Gasteiger partial charge in [-0.25, -0.2) is 18.0 Å². The summed E-state index contributed by atoms with van der Waals surface area (Å²) in [5, 5.41) is 25.6. The second-order valence-electron chi connectivity index (χ2n) is 14.8. The van der Waals surface area contributed by atoms with Gasteiger partial charge in [-0.2, -0.15) is 0 Å². The van der Waals surface area contributed by atoms with E-state index in [1.807, 2.05) is 0 Å². The molecule has 3 N–H and O–H groups in total. The molecule has 0 radical (unpaired) electrons. The van der Waals surface area contributed by atoms with Gasteiger partial charge in [0.1, 0.15) is 30.0 Å². The molecule has 0 unspecified atom stereocenters. The maximum absolute atomic E-state index is 13.4. The number of hydrogen-bond acceptors (Lipinski definition) is 15. The molecule has 1 heterocycles. The Balaban J connectivity index is 1.42. The van der Waals surface area contributed by atoms with Crippen molar-refractivity contribution in [2.75, 3.05) is 18.6 Å². The fourth-order valence-corrected chi connectivity index (χ4v) is 5.59. The molecule has 21 heteroatoms. The lowest BCUT2D eigenvalue weighted by Crippen LogP contribution is -2.53. The van der Waals surface area contributed by atoms with E-state index < -0.39 is 73.6 Å². The molecule has 4 aromatic rings. The topological polar surface area (TPSA) is 269 Å². The van der Waals surface area contributed by atoms with Crippen LogP contribution < -0.4 is 20.7 Å². The monoisotopic (exact) mass is 851 g/mol. The number of anilines is 1. The van der Waals surface area contributed by atoms with Crippen molar-refractivity contribution in [1.82, 2.24) is 25.7 Å². The van der Waals surface area contributed by atoms with Crippen LogP contribution in [0, 0.1) is 16.0 Å². The number of carbonyl (C=O) groups is 5. The van der Waals surface area contributed by atoms with E-state index in [1.165, 1.54) is 61.3 Å². The van der Waals surface area contributed by atoms with Gasteiger partial charge >= 0.3 is 17.5 Å². The third kappa shape index (κ3) is 13.1. The van der Waals surface area contributed by atoms with Crippen LogP contribution >= 0.6 is 0 Å². The lowest BCUT2D eigenvalue weighted by Gasteiger charge is -2.25. The van der Waals surface area contributed by atoms with Gasteiger partial charge in [-0.1, -0.05) is 25.0 Å². The highest BCUT2D eigenvalue weighted by Gasteiger charge is 2.28. The summed E-state index contributed by atoms with van der Waals surface area (Å²) >= 11 is 0. The van der Waals surface area contributed by atoms with E-state index in [9.17, 15) is 42.5 Å². The van der Waals surface area contributed by atoms with E-state index in [1.54, 1.807) is 46.8 Å². The van der Waals surface area contributed by atoms with Crippen LogP contribution in [0.2, 0.25) is 0 Å². The van der Waals surface area contributed by atoms with Gasteiger partial charge in [0.25, 0.3) is 11.6 Å². The van der Waals surface area contributed by atoms with E-state index in [0.29, 0.717) is 16.7 Å². The number of nitrogens with zero attached hydrogens (tertiary/aromatic N) is 4. The summed E-state index contributed by atoms with van der Waals surface area (Å²) in [5.74, 6) is -2.30. The van der Waals surface area contributed by atoms with Gasteiger partial charge in [0, 0.05) is 48.8 Å². The molecule has 0 aliphatic carbocycles. The molecule has 0 fully saturated rings. The Morgan fingerprint density at radius 3 is 2.12 bits per heavy atom. The number of nitro groups is 1. The van der Waals surface area contributed by atoms with Crippen molar-refractivity contribution in [1.29, 1.82) is 0 Å². The normalized spacial score (nSPS) is 12.4. The van der Waals surface area contributed by atoms with Crippen LogP contribution in [0.25, 0.3) is 11.5 Å². The first-order valence-electron chi connectivity index (χ1n) is 18.2. The minimum atomic E-state index is -3.71. The van der Waals surface area contributed by atoms with Gasteiger partial charge in [0.2, 0.25) is 27.5 Å². The highest BCUT2D eigenvalue weighted by molar-refractivity contribution is 7.90. The molecule has 4 rings (SSSR count). The van der Waals surface area contributed by atoms with Crippen molar-refractivity contribution in [3.8, 4) is 17.2 Å². The van der Waals surface area contributed by atoms with Crippen molar-refractivity contribution in [3.63, 3.8) is 0 Å². The van der Waals surface area contributed by atoms with Crippen molar-refractivity contribution in [2.45, 2.75) is 77.6 Å². The number of rotatable bonds is 15. The maximum atomic E-state index is 13.4. The van der Waals surface area contributed by atoms with Crippen LogP contribution in [0.5, 0.6) is 5.75 Å². The summed E-state index contributed by atoms with van der Waals surface area (Å²) in [4.78, 5) is 76.8. The number of benzene rings is 3. The first-order valence-corrected chi connectivity index (χ1v) is 20.1. The molecule has 0 saturated heterocycles. The van der Waals surface area contributed by atoms with E-state index in [-0.39, 0.29) is 41.7 Å². The first kappa shape index (κ1) is 45.8. The number of hydrogen-bond donors (Lipinski definition) is 3. The summed E-state index contributed by atoms with van der Waals surface area (Å²) in [6.45, 7) is 9.65. The molecule has 0 aliphatic heterocycles. The minimum absolute atomic E-state index is 0.0126. The number of nitrogens with one attached hydrogen (secondary N) is 3. The summed E-state index contributed by atoms with van der Waals surface area (Å²) in [6, 6.07) is 13.1. The van der Waals surface area contributed by atoms with E-state index in [2.05, 4.69) is 26.1 Å². The number of ether oxygens (including phenoxy) is 3. The molecule has 60 heavy (non-hydrogen) atoms. The molecule has 4 amide bonds. The number of sulfone groups is 1. The molecule has 1 aromatic heterocycles.